The summed E-state index contributed by atoms with van der Waals surface area (Å²) >= 11 is 0. The number of aryl methyl sites for hydroxylation is 1. The minimum Gasteiger partial charge on any atom is -0.497 e. The van der Waals surface area contributed by atoms with Crippen LogP contribution in [0.15, 0.2) is 70.6 Å². The molecule has 0 fully saturated rings. The van der Waals surface area contributed by atoms with Gasteiger partial charge in [-0.1, -0.05) is 17.7 Å². The van der Waals surface area contributed by atoms with Crippen molar-refractivity contribution in [2.45, 2.75) is 11.8 Å². The largest absolute Gasteiger partial charge is 0.497 e. The van der Waals surface area contributed by atoms with E-state index in [1.807, 2.05) is 13.0 Å². The molecule has 0 aliphatic heterocycles. The number of nitrogens with zero attached hydrogens (tertiary/aromatic N) is 2. The third kappa shape index (κ3) is 3.06. The van der Waals surface area contributed by atoms with Gasteiger partial charge in [-0.2, -0.15) is 3.97 Å². The molecule has 0 N–H and O–H groups in total. The van der Waals surface area contributed by atoms with E-state index in [9.17, 15) is 18.0 Å². The molecular weight excluding hydrogens is 356 g/mol. The van der Waals surface area contributed by atoms with Gasteiger partial charge in [0.15, 0.2) is 0 Å². The smallest absolute Gasteiger partial charge is 0.349 e. The second kappa shape index (κ2) is 6.64. The lowest BCUT2D eigenvalue weighted by Crippen LogP contribution is -2.32. The van der Waals surface area contributed by atoms with E-state index >= 15 is 0 Å². The first-order valence-corrected chi connectivity index (χ1v) is 9.09. The zero-order chi connectivity index (χ0) is 18.9. The lowest BCUT2D eigenvalue weighted by Gasteiger charge is -2.06. The van der Waals surface area contributed by atoms with Gasteiger partial charge >= 0.3 is 5.69 Å². The molecule has 0 saturated heterocycles. The molecule has 1 aromatic heterocycles. The lowest BCUT2D eigenvalue weighted by molar-refractivity contribution is 0.0956. The number of carbonyl (C=O) groups is 1. The fourth-order valence-corrected chi connectivity index (χ4v) is 3.69. The average Bonchev–Trinajstić information content (AvgIpc) is 3.03. The molecule has 0 saturated carbocycles. The molecule has 3 aromatic rings. The first kappa shape index (κ1) is 17.7. The molecule has 7 nitrogen and oxygen atoms in total. The van der Waals surface area contributed by atoms with Crippen molar-refractivity contribution in [3.8, 4) is 5.75 Å². The van der Waals surface area contributed by atoms with Gasteiger partial charge in [-0.25, -0.2) is 17.8 Å². The second-order valence-electron chi connectivity index (χ2n) is 5.60. The molecule has 8 heteroatoms. The van der Waals surface area contributed by atoms with E-state index in [-0.39, 0.29) is 4.90 Å². The third-order valence-electron chi connectivity index (χ3n) is 3.85. The number of aromatic nitrogens is 2. The fraction of sp³-hybridized carbons (Fsp3) is 0.111. The molecule has 0 unspecified atom stereocenters. The Labute approximate surface area is 150 Å². The summed E-state index contributed by atoms with van der Waals surface area (Å²) in [6.45, 7) is 1.82. The van der Waals surface area contributed by atoms with E-state index < -0.39 is 21.6 Å². The lowest BCUT2D eigenvalue weighted by atomic mass is 10.1. The summed E-state index contributed by atoms with van der Waals surface area (Å²) in [5.41, 5.74) is 0.202. The summed E-state index contributed by atoms with van der Waals surface area (Å²) in [5, 5.41) is 0. The number of carbonyl (C=O) groups excluding carboxylic acids is 1. The summed E-state index contributed by atoms with van der Waals surface area (Å²) in [6.07, 6.45) is 2.21. The quantitative estimate of drug-likeness (QED) is 0.698. The standard InChI is InChI=1S/C18H16N2O5S/c1-13-4-3-5-14(12-13)17(21)19-10-11-20(18(19)22)26(23,24)16-8-6-15(25-2)7-9-16/h3-12H,1-2H3. The van der Waals surface area contributed by atoms with Gasteiger partial charge in [0.2, 0.25) is 0 Å². The fourth-order valence-electron chi connectivity index (χ4n) is 2.48. The minimum absolute atomic E-state index is 0.0823. The monoisotopic (exact) mass is 372 g/mol. The maximum Gasteiger partial charge on any atom is 0.349 e. The van der Waals surface area contributed by atoms with Crippen LogP contribution in [0.1, 0.15) is 15.9 Å². The van der Waals surface area contributed by atoms with Gasteiger partial charge in [-0.3, -0.25) is 4.79 Å². The van der Waals surface area contributed by atoms with Crippen LogP contribution in [0.3, 0.4) is 0 Å². The molecule has 0 amide bonds. The molecule has 1 heterocycles. The van der Waals surface area contributed by atoms with Crippen LogP contribution in [0.2, 0.25) is 0 Å². The molecule has 0 atom stereocenters. The van der Waals surface area contributed by atoms with Gasteiger partial charge in [-0.15, -0.1) is 0 Å². The Morgan fingerprint density at radius 2 is 1.73 bits per heavy atom. The number of methoxy groups -OCH3 is 1. The van der Waals surface area contributed by atoms with Crippen LogP contribution >= 0.6 is 0 Å². The van der Waals surface area contributed by atoms with Gasteiger partial charge in [-0.05, 0) is 43.3 Å². The van der Waals surface area contributed by atoms with Crippen molar-refractivity contribution >= 4 is 15.9 Å². The van der Waals surface area contributed by atoms with Gasteiger partial charge in [0.25, 0.3) is 15.9 Å². The first-order valence-electron chi connectivity index (χ1n) is 7.65. The van der Waals surface area contributed by atoms with Crippen LogP contribution in [-0.4, -0.2) is 30.0 Å². The maximum atomic E-state index is 12.7. The summed E-state index contributed by atoms with van der Waals surface area (Å²) < 4.78 is 31.7. The average molecular weight is 372 g/mol. The highest BCUT2D eigenvalue weighted by atomic mass is 32.2. The molecule has 0 radical (unpaired) electrons. The number of ether oxygens (including phenoxy) is 1. The molecule has 0 aliphatic rings. The summed E-state index contributed by atoms with van der Waals surface area (Å²) in [4.78, 5) is 24.9. The predicted octanol–water partition coefficient (Wildman–Crippen LogP) is 1.89. The normalized spacial score (nSPS) is 11.3. The van der Waals surface area contributed by atoms with E-state index in [4.69, 9.17) is 4.74 Å². The molecule has 26 heavy (non-hydrogen) atoms. The van der Waals surface area contributed by atoms with Crippen LogP contribution < -0.4 is 10.4 Å². The summed E-state index contributed by atoms with van der Waals surface area (Å²) in [5.74, 6) is -0.106. The first-order chi connectivity index (χ1) is 12.3. The Kier molecular flexibility index (Phi) is 4.52. The SMILES string of the molecule is COc1ccc(S(=O)(=O)n2ccn(C(=O)c3cccc(C)c3)c2=O)cc1. The highest BCUT2D eigenvalue weighted by Crippen LogP contribution is 2.17. The number of hydrogen-bond donors (Lipinski definition) is 0. The zero-order valence-corrected chi connectivity index (χ0v) is 14.9. The summed E-state index contributed by atoms with van der Waals surface area (Å²) in [6, 6.07) is 12.3. The number of imidazole rings is 1. The third-order valence-corrected chi connectivity index (χ3v) is 5.51. The Bertz CT molecular complexity index is 1120. The van der Waals surface area contributed by atoms with Crippen LogP contribution in [0.25, 0.3) is 0 Å². The molecule has 2 aromatic carbocycles. The summed E-state index contributed by atoms with van der Waals surface area (Å²) in [7, 11) is -2.66. The zero-order valence-electron chi connectivity index (χ0n) is 14.1. The van der Waals surface area contributed by atoms with Crippen LogP contribution in [0.4, 0.5) is 0 Å². The van der Waals surface area contributed by atoms with Crippen LogP contribution in [0.5, 0.6) is 5.75 Å². The number of hydrogen-bond acceptors (Lipinski definition) is 5. The van der Waals surface area contributed by atoms with E-state index in [0.717, 1.165) is 22.5 Å². The van der Waals surface area contributed by atoms with Gasteiger partial charge in [0.1, 0.15) is 5.75 Å². The Hall–Kier alpha value is -3.13. The van der Waals surface area contributed by atoms with Crippen molar-refractivity contribution in [2.75, 3.05) is 7.11 Å². The van der Waals surface area contributed by atoms with E-state index in [1.165, 1.54) is 31.4 Å². The van der Waals surface area contributed by atoms with Gasteiger partial charge in [0, 0.05) is 18.0 Å². The topological polar surface area (TPSA) is 87.4 Å². The van der Waals surface area contributed by atoms with E-state index in [0.29, 0.717) is 15.3 Å². The molecule has 0 spiro atoms. The highest BCUT2D eigenvalue weighted by molar-refractivity contribution is 7.90. The van der Waals surface area contributed by atoms with Gasteiger partial charge in [0.05, 0.1) is 12.0 Å². The van der Waals surface area contributed by atoms with Crippen molar-refractivity contribution in [1.29, 1.82) is 0 Å². The molecule has 0 bridgehead atoms. The van der Waals surface area contributed by atoms with Crippen molar-refractivity contribution in [2.24, 2.45) is 0 Å². The number of rotatable bonds is 4. The predicted molar refractivity (Wildman–Crippen MR) is 95.2 cm³/mol. The second-order valence-corrected chi connectivity index (χ2v) is 7.42. The van der Waals surface area contributed by atoms with Gasteiger partial charge < -0.3 is 4.74 Å². The van der Waals surface area contributed by atoms with Crippen molar-refractivity contribution < 1.29 is 17.9 Å². The van der Waals surface area contributed by atoms with Crippen LogP contribution in [-0.2, 0) is 10.0 Å². The Morgan fingerprint density at radius 3 is 2.35 bits per heavy atom. The molecular formula is C18H16N2O5S. The maximum absolute atomic E-state index is 12.7. The molecule has 0 aliphatic carbocycles. The van der Waals surface area contributed by atoms with E-state index in [2.05, 4.69) is 0 Å². The van der Waals surface area contributed by atoms with Crippen molar-refractivity contribution in [1.82, 2.24) is 8.54 Å². The van der Waals surface area contributed by atoms with Crippen molar-refractivity contribution in [3.05, 3.63) is 82.5 Å². The van der Waals surface area contributed by atoms with Crippen molar-refractivity contribution in [3.63, 3.8) is 0 Å². The Balaban J connectivity index is 2.03. The van der Waals surface area contributed by atoms with E-state index in [1.54, 1.807) is 18.2 Å². The minimum atomic E-state index is -4.12. The number of benzene rings is 2. The Morgan fingerprint density at radius 1 is 1.04 bits per heavy atom. The van der Waals surface area contributed by atoms with Crippen LogP contribution in [0, 0.1) is 6.92 Å². The highest BCUT2D eigenvalue weighted by Gasteiger charge is 2.23. The molecule has 134 valence electrons. The molecule has 3 rings (SSSR count).